The van der Waals surface area contributed by atoms with E-state index in [-0.39, 0.29) is 17.6 Å². The maximum Gasteiger partial charge on any atom is 0.573 e. The van der Waals surface area contributed by atoms with Crippen molar-refractivity contribution in [2.75, 3.05) is 10.7 Å². The fourth-order valence-corrected chi connectivity index (χ4v) is 5.02. The molecular weight excluding hydrogens is 553 g/mol. The molecule has 1 saturated heterocycles. The molecule has 0 radical (unpaired) electrons. The van der Waals surface area contributed by atoms with E-state index in [9.17, 15) is 18.0 Å². The number of hydrogen-bond acceptors (Lipinski definition) is 7. The molecule has 0 bridgehead atoms. The molecule has 1 aliphatic rings. The molecule has 1 aromatic heterocycles. The van der Waals surface area contributed by atoms with E-state index in [1.54, 1.807) is 4.90 Å². The Morgan fingerprint density at radius 1 is 1.02 bits per heavy atom. The van der Waals surface area contributed by atoms with Crippen LogP contribution in [0.1, 0.15) is 37.8 Å². The number of thioether (sulfide) groups is 1. The number of halogens is 3. The van der Waals surface area contributed by atoms with Crippen LogP contribution in [0.5, 0.6) is 5.75 Å². The van der Waals surface area contributed by atoms with Crippen molar-refractivity contribution in [1.82, 2.24) is 14.8 Å². The van der Waals surface area contributed by atoms with Crippen molar-refractivity contribution in [3.8, 4) is 22.8 Å². The van der Waals surface area contributed by atoms with E-state index in [4.69, 9.17) is 0 Å². The number of carbonyl (C=O) groups excluding carboxylic acids is 1. The second-order valence-corrected chi connectivity index (χ2v) is 10.4. The highest BCUT2D eigenvalue weighted by atomic mass is 32.2. The van der Waals surface area contributed by atoms with Gasteiger partial charge in [-0.1, -0.05) is 68.1 Å². The first-order valence-electron chi connectivity index (χ1n) is 12.6. The number of aromatic nitrogens is 3. The largest absolute Gasteiger partial charge is 0.573 e. The number of rotatable bonds is 7. The Bertz CT molecular complexity index is 1610. The summed E-state index contributed by atoms with van der Waals surface area (Å²) in [6.45, 7) is 6.01. The van der Waals surface area contributed by atoms with Crippen LogP contribution in [0.2, 0.25) is 0 Å². The van der Waals surface area contributed by atoms with Crippen molar-refractivity contribution in [1.29, 1.82) is 0 Å². The van der Waals surface area contributed by atoms with Gasteiger partial charge in [0.05, 0.1) is 22.8 Å². The molecule has 0 unspecified atom stereocenters. The van der Waals surface area contributed by atoms with Gasteiger partial charge < -0.3 is 4.74 Å². The van der Waals surface area contributed by atoms with Crippen LogP contribution < -0.4 is 9.64 Å². The first kappa shape index (κ1) is 28.1. The zero-order chi connectivity index (χ0) is 29.1. The summed E-state index contributed by atoms with van der Waals surface area (Å²) < 4.78 is 42.6. The van der Waals surface area contributed by atoms with Crippen LogP contribution in [0.3, 0.4) is 0 Å². The average Bonchev–Trinajstić information content (AvgIpc) is 3.58. The van der Waals surface area contributed by atoms with Crippen LogP contribution >= 0.6 is 11.8 Å². The number of nitrogens with zero attached hydrogens (tertiary/aromatic N) is 6. The molecule has 0 saturated carbocycles. The number of ether oxygens (including phenoxy) is 1. The first-order valence-corrected chi connectivity index (χ1v) is 13.6. The lowest BCUT2D eigenvalue weighted by Gasteiger charge is -2.21. The van der Waals surface area contributed by atoms with Gasteiger partial charge in [0, 0.05) is 5.56 Å². The Morgan fingerprint density at radius 2 is 1.73 bits per heavy atom. The maximum absolute atomic E-state index is 12.7. The van der Waals surface area contributed by atoms with Crippen LogP contribution in [0.25, 0.3) is 17.1 Å². The number of amidine groups is 1. The van der Waals surface area contributed by atoms with Crippen LogP contribution in [-0.2, 0) is 4.79 Å². The van der Waals surface area contributed by atoms with Crippen molar-refractivity contribution in [3.05, 3.63) is 90.3 Å². The van der Waals surface area contributed by atoms with Crippen molar-refractivity contribution in [2.45, 2.75) is 33.1 Å². The van der Waals surface area contributed by atoms with Gasteiger partial charge in [0.1, 0.15) is 12.1 Å². The standard InChI is InChI=1S/C29H25F3N6O2S/c1-18(2)24-6-4-5-7-25(24)38-26(39)16-41-28(38)35-34-19(3)20-8-10-21(11-9-20)27-33-17-37(36-27)22-12-14-23(15-13-22)40-29(30,31)32/h4-15,17-18H,16H2,1-3H3. The summed E-state index contributed by atoms with van der Waals surface area (Å²) in [5.74, 6) is 0.651. The van der Waals surface area contributed by atoms with Gasteiger partial charge in [-0.25, -0.2) is 9.67 Å². The van der Waals surface area contributed by atoms with Gasteiger partial charge in [-0.3, -0.25) is 9.69 Å². The van der Waals surface area contributed by atoms with Crippen LogP contribution in [-0.4, -0.2) is 43.7 Å². The summed E-state index contributed by atoms with van der Waals surface area (Å²) in [7, 11) is 0. The fraction of sp³-hybridized carbons (Fsp3) is 0.207. The fourth-order valence-electron chi connectivity index (χ4n) is 4.21. The molecule has 4 aromatic rings. The van der Waals surface area contributed by atoms with Crippen molar-refractivity contribution in [3.63, 3.8) is 0 Å². The van der Waals surface area contributed by atoms with Gasteiger partial charge in [-0.15, -0.1) is 23.4 Å². The quantitative estimate of drug-likeness (QED) is 0.178. The van der Waals surface area contributed by atoms with Crippen LogP contribution in [0.4, 0.5) is 18.9 Å². The Labute approximate surface area is 238 Å². The Kier molecular flexibility index (Phi) is 7.93. The van der Waals surface area contributed by atoms with E-state index in [2.05, 4.69) is 38.9 Å². The normalized spacial score (nSPS) is 15.3. The molecule has 12 heteroatoms. The van der Waals surface area contributed by atoms with Crippen molar-refractivity contribution < 1.29 is 22.7 Å². The predicted octanol–water partition coefficient (Wildman–Crippen LogP) is 6.82. The number of carbonyl (C=O) groups is 1. The minimum Gasteiger partial charge on any atom is -0.406 e. The van der Waals surface area contributed by atoms with E-state index in [0.717, 1.165) is 22.4 Å². The van der Waals surface area contributed by atoms with Gasteiger partial charge >= 0.3 is 6.36 Å². The van der Waals surface area contributed by atoms with Gasteiger partial charge in [-0.2, -0.15) is 5.10 Å². The van der Waals surface area contributed by atoms with Gasteiger partial charge in [0.2, 0.25) is 5.91 Å². The number of benzene rings is 3. The first-order chi connectivity index (χ1) is 19.6. The van der Waals surface area contributed by atoms with E-state index < -0.39 is 6.36 Å². The summed E-state index contributed by atoms with van der Waals surface area (Å²) in [5.41, 5.74) is 4.67. The Balaban J connectivity index is 1.31. The van der Waals surface area contributed by atoms with E-state index in [1.165, 1.54) is 47.0 Å². The Morgan fingerprint density at radius 3 is 2.41 bits per heavy atom. The monoisotopic (exact) mass is 578 g/mol. The summed E-state index contributed by atoms with van der Waals surface area (Å²) in [6, 6.07) is 20.6. The minimum absolute atomic E-state index is 0.0309. The number of para-hydroxylation sites is 1. The zero-order valence-corrected chi connectivity index (χ0v) is 23.1. The smallest absolute Gasteiger partial charge is 0.406 e. The molecule has 0 aliphatic carbocycles. The topological polar surface area (TPSA) is 85.0 Å². The molecule has 1 aliphatic heterocycles. The maximum atomic E-state index is 12.7. The molecule has 0 atom stereocenters. The summed E-state index contributed by atoms with van der Waals surface area (Å²) in [6.07, 6.45) is -3.27. The zero-order valence-electron chi connectivity index (χ0n) is 22.3. The third kappa shape index (κ3) is 6.49. The highest BCUT2D eigenvalue weighted by molar-refractivity contribution is 8.15. The summed E-state index contributed by atoms with van der Waals surface area (Å²) in [4.78, 5) is 18.7. The third-order valence-corrected chi connectivity index (χ3v) is 7.15. The van der Waals surface area contributed by atoms with Gasteiger partial charge in [0.25, 0.3) is 0 Å². The molecule has 1 fully saturated rings. The molecule has 2 heterocycles. The van der Waals surface area contributed by atoms with Crippen molar-refractivity contribution >= 4 is 34.2 Å². The number of alkyl halides is 3. The molecule has 0 N–H and O–H groups in total. The summed E-state index contributed by atoms with van der Waals surface area (Å²) >= 11 is 1.36. The van der Waals surface area contributed by atoms with E-state index in [1.807, 2.05) is 55.5 Å². The molecule has 1 amide bonds. The lowest BCUT2D eigenvalue weighted by Crippen LogP contribution is -2.30. The highest BCUT2D eigenvalue weighted by Crippen LogP contribution is 2.33. The predicted molar refractivity (Wildman–Crippen MR) is 154 cm³/mol. The molecule has 41 heavy (non-hydrogen) atoms. The number of hydrogen-bond donors (Lipinski definition) is 0. The number of amides is 1. The van der Waals surface area contributed by atoms with Gasteiger partial charge in [-0.05, 0) is 54.3 Å². The summed E-state index contributed by atoms with van der Waals surface area (Å²) in [5, 5.41) is 13.8. The molecule has 8 nitrogen and oxygen atoms in total. The lowest BCUT2D eigenvalue weighted by molar-refractivity contribution is -0.274. The SMILES string of the molecule is CC(=NN=C1SCC(=O)N1c1ccccc1C(C)C)c1ccc(-c2ncn(-c3ccc(OC(F)(F)F)cc3)n2)cc1. The second-order valence-electron chi connectivity index (χ2n) is 9.43. The number of anilines is 1. The third-order valence-electron chi connectivity index (χ3n) is 6.24. The van der Waals surface area contributed by atoms with Crippen LogP contribution in [0, 0.1) is 0 Å². The molecule has 5 rings (SSSR count). The molecule has 0 spiro atoms. The van der Waals surface area contributed by atoms with Crippen LogP contribution in [0.15, 0.2) is 89.3 Å². The average molecular weight is 579 g/mol. The second kappa shape index (κ2) is 11.6. The molecular formula is C29H25F3N6O2S. The van der Waals surface area contributed by atoms with Crippen molar-refractivity contribution in [2.24, 2.45) is 10.2 Å². The van der Waals surface area contributed by atoms with Gasteiger partial charge in [0.15, 0.2) is 11.0 Å². The molecule has 3 aromatic carbocycles. The lowest BCUT2D eigenvalue weighted by atomic mass is 10.0. The van der Waals surface area contributed by atoms with E-state index >= 15 is 0 Å². The highest BCUT2D eigenvalue weighted by Gasteiger charge is 2.32. The molecule has 210 valence electrons. The van der Waals surface area contributed by atoms with E-state index in [0.29, 0.717) is 28.1 Å². The Hall–Kier alpha value is -4.45. The minimum atomic E-state index is -4.75.